The van der Waals surface area contributed by atoms with Gasteiger partial charge in [-0.3, -0.25) is 14.4 Å². The number of nitrogens with zero attached hydrogens (tertiary/aromatic N) is 2. The van der Waals surface area contributed by atoms with E-state index in [1.54, 1.807) is 12.1 Å². The zero-order valence-corrected chi connectivity index (χ0v) is 24.6. The van der Waals surface area contributed by atoms with Gasteiger partial charge in [-0.15, -0.1) is 0 Å². The maximum atomic E-state index is 12.6. The first kappa shape index (κ1) is 29.1. The molecule has 0 bridgehead atoms. The SMILES string of the molecule is CCOc1ccc(C#Cc2ccccc2CN2CCN(c3ccc(C(=O)NS(=O)Cc4ccccc4)cc3)CC2)cc1. The predicted molar refractivity (Wildman–Crippen MR) is 170 cm³/mol. The Morgan fingerprint density at radius 1 is 0.833 bits per heavy atom. The van der Waals surface area contributed by atoms with E-state index >= 15 is 0 Å². The number of benzene rings is 4. The van der Waals surface area contributed by atoms with Gasteiger partial charge in [0, 0.05) is 55.1 Å². The first-order chi connectivity index (χ1) is 20.6. The van der Waals surface area contributed by atoms with Crippen LogP contribution in [-0.4, -0.2) is 47.8 Å². The molecule has 0 aliphatic carbocycles. The van der Waals surface area contributed by atoms with E-state index in [9.17, 15) is 9.00 Å². The summed E-state index contributed by atoms with van der Waals surface area (Å²) in [7, 11) is -1.48. The van der Waals surface area contributed by atoms with Crippen molar-refractivity contribution >= 4 is 22.6 Å². The number of hydrogen-bond acceptors (Lipinski definition) is 5. The molecule has 0 aromatic heterocycles. The van der Waals surface area contributed by atoms with Gasteiger partial charge in [-0.05, 0) is 72.6 Å². The van der Waals surface area contributed by atoms with Crippen molar-refractivity contribution in [1.29, 1.82) is 0 Å². The van der Waals surface area contributed by atoms with Gasteiger partial charge in [-0.2, -0.15) is 0 Å². The molecule has 42 heavy (non-hydrogen) atoms. The minimum absolute atomic E-state index is 0.286. The highest BCUT2D eigenvalue weighted by atomic mass is 32.2. The molecule has 7 heteroatoms. The van der Waals surface area contributed by atoms with Gasteiger partial charge >= 0.3 is 0 Å². The van der Waals surface area contributed by atoms with Crippen molar-refractivity contribution in [1.82, 2.24) is 9.62 Å². The zero-order chi connectivity index (χ0) is 29.1. The van der Waals surface area contributed by atoms with E-state index in [0.717, 1.165) is 60.9 Å². The fourth-order valence-electron chi connectivity index (χ4n) is 4.87. The summed E-state index contributed by atoms with van der Waals surface area (Å²) in [5.74, 6) is 7.47. The molecule has 4 aromatic carbocycles. The molecular formula is C35H35N3O3S. The van der Waals surface area contributed by atoms with Crippen molar-refractivity contribution in [2.45, 2.75) is 19.2 Å². The Balaban J connectivity index is 1.13. The van der Waals surface area contributed by atoms with Gasteiger partial charge in [0.2, 0.25) is 0 Å². The lowest BCUT2D eigenvalue weighted by Crippen LogP contribution is -2.46. The van der Waals surface area contributed by atoms with E-state index in [4.69, 9.17) is 4.74 Å². The molecule has 1 amide bonds. The van der Waals surface area contributed by atoms with Gasteiger partial charge in [-0.25, -0.2) is 4.21 Å². The lowest BCUT2D eigenvalue weighted by atomic mass is 10.1. The third-order valence-corrected chi connectivity index (χ3v) is 8.14. The molecule has 6 nitrogen and oxygen atoms in total. The van der Waals surface area contributed by atoms with Crippen LogP contribution in [0.1, 0.15) is 39.5 Å². The molecule has 1 fully saturated rings. The number of carbonyl (C=O) groups excluding carboxylic acids is 1. The Morgan fingerprint density at radius 3 is 2.24 bits per heavy atom. The molecule has 1 atom stereocenters. The van der Waals surface area contributed by atoms with Crippen molar-refractivity contribution in [2.24, 2.45) is 0 Å². The van der Waals surface area contributed by atoms with Crippen LogP contribution < -0.4 is 14.4 Å². The molecule has 1 saturated heterocycles. The first-order valence-corrected chi connectivity index (χ1v) is 15.5. The lowest BCUT2D eigenvalue weighted by molar-refractivity contribution is 0.0983. The van der Waals surface area contributed by atoms with Crippen LogP contribution in [0.2, 0.25) is 0 Å². The average Bonchev–Trinajstić information content (AvgIpc) is 3.02. The Bertz CT molecular complexity index is 1550. The quantitative estimate of drug-likeness (QED) is 0.270. The Hall–Kier alpha value is -4.38. The Kier molecular flexibility index (Phi) is 10.1. The predicted octanol–water partition coefficient (Wildman–Crippen LogP) is 5.40. The smallest absolute Gasteiger partial charge is 0.262 e. The largest absolute Gasteiger partial charge is 0.494 e. The summed E-state index contributed by atoms with van der Waals surface area (Å²) in [5.41, 5.74) is 5.74. The van der Waals surface area contributed by atoms with Crippen LogP contribution >= 0.6 is 0 Å². The minimum atomic E-state index is -1.48. The van der Waals surface area contributed by atoms with Crippen LogP contribution in [0.3, 0.4) is 0 Å². The summed E-state index contributed by atoms with van der Waals surface area (Å²) >= 11 is 0. The van der Waals surface area contributed by atoms with Crippen molar-refractivity contribution in [3.05, 3.63) is 131 Å². The van der Waals surface area contributed by atoms with Crippen LogP contribution in [0.5, 0.6) is 5.75 Å². The number of amides is 1. The van der Waals surface area contributed by atoms with Crippen LogP contribution in [-0.2, 0) is 23.3 Å². The fraction of sp³-hybridized carbons (Fsp3) is 0.229. The van der Waals surface area contributed by atoms with E-state index in [-0.39, 0.29) is 11.7 Å². The van der Waals surface area contributed by atoms with Crippen molar-refractivity contribution < 1.29 is 13.7 Å². The highest BCUT2D eigenvalue weighted by molar-refractivity contribution is 7.82. The summed E-state index contributed by atoms with van der Waals surface area (Å²) in [5, 5.41) is 0. The Morgan fingerprint density at radius 2 is 1.52 bits per heavy atom. The van der Waals surface area contributed by atoms with Crippen LogP contribution in [0, 0.1) is 11.8 Å². The number of nitrogens with one attached hydrogen (secondary N) is 1. The standard InChI is InChI=1S/C35H35N3O3S/c1-2-41-34-20-13-28(14-21-34)12-15-30-10-6-7-11-32(30)26-37-22-24-38(25-23-37)33-18-16-31(17-19-33)35(39)36-42(40)27-29-8-4-3-5-9-29/h3-11,13-14,16-21H,2,22-27H2,1H3,(H,36,39). The highest BCUT2D eigenvalue weighted by Gasteiger charge is 2.19. The second-order valence-electron chi connectivity index (χ2n) is 10.1. The third-order valence-electron chi connectivity index (χ3n) is 7.13. The third kappa shape index (κ3) is 8.10. The van der Waals surface area contributed by atoms with Gasteiger partial charge < -0.3 is 9.64 Å². The fourth-order valence-corrected chi connectivity index (χ4v) is 5.77. The monoisotopic (exact) mass is 577 g/mol. The molecule has 4 aromatic rings. The van der Waals surface area contributed by atoms with Gasteiger partial charge in [-0.1, -0.05) is 60.4 Å². The molecule has 1 unspecified atom stereocenters. The van der Waals surface area contributed by atoms with Crippen LogP contribution in [0.25, 0.3) is 0 Å². The van der Waals surface area contributed by atoms with Gasteiger partial charge in [0.1, 0.15) is 16.7 Å². The maximum absolute atomic E-state index is 12.6. The van der Waals surface area contributed by atoms with Gasteiger partial charge in [0.15, 0.2) is 0 Å². The minimum Gasteiger partial charge on any atom is -0.494 e. The van der Waals surface area contributed by atoms with E-state index in [0.29, 0.717) is 12.2 Å². The summed E-state index contributed by atoms with van der Waals surface area (Å²) in [6.45, 7) is 7.13. The summed E-state index contributed by atoms with van der Waals surface area (Å²) < 4.78 is 20.5. The lowest BCUT2D eigenvalue weighted by Gasteiger charge is -2.36. The first-order valence-electron chi connectivity index (χ1n) is 14.2. The highest BCUT2D eigenvalue weighted by Crippen LogP contribution is 2.20. The zero-order valence-electron chi connectivity index (χ0n) is 23.8. The molecule has 0 saturated carbocycles. The number of anilines is 1. The Labute approximate surface area is 250 Å². The van der Waals surface area contributed by atoms with Gasteiger partial charge in [0.05, 0.1) is 12.4 Å². The topological polar surface area (TPSA) is 61.9 Å². The van der Waals surface area contributed by atoms with E-state index in [2.05, 4.69) is 44.6 Å². The maximum Gasteiger partial charge on any atom is 0.262 e. The summed E-state index contributed by atoms with van der Waals surface area (Å²) in [6, 6.07) is 33.3. The molecule has 1 N–H and O–H groups in total. The number of carbonyl (C=O) groups is 1. The second-order valence-corrected chi connectivity index (χ2v) is 11.3. The second kappa shape index (κ2) is 14.5. The normalized spacial score (nSPS) is 14.0. The van der Waals surface area contributed by atoms with Crippen molar-refractivity contribution in [3.8, 4) is 17.6 Å². The molecular weight excluding hydrogens is 542 g/mol. The number of ether oxygens (including phenoxy) is 1. The number of rotatable bonds is 9. The number of piperazine rings is 1. The van der Waals surface area contributed by atoms with E-state index < -0.39 is 11.0 Å². The summed E-state index contributed by atoms with van der Waals surface area (Å²) in [6.07, 6.45) is 0. The van der Waals surface area contributed by atoms with Gasteiger partial charge in [0.25, 0.3) is 5.91 Å². The molecule has 0 spiro atoms. The van der Waals surface area contributed by atoms with E-state index in [1.807, 2.05) is 79.7 Å². The molecule has 1 aliphatic heterocycles. The van der Waals surface area contributed by atoms with Crippen molar-refractivity contribution in [3.63, 3.8) is 0 Å². The number of hydrogen-bond donors (Lipinski definition) is 1. The molecule has 0 radical (unpaired) electrons. The molecule has 5 rings (SSSR count). The van der Waals surface area contributed by atoms with Crippen molar-refractivity contribution in [2.75, 3.05) is 37.7 Å². The van der Waals surface area contributed by atoms with E-state index in [1.165, 1.54) is 5.56 Å². The molecule has 214 valence electrons. The van der Waals surface area contributed by atoms with Crippen LogP contribution in [0.15, 0.2) is 103 Å². The van der Waals surface area contributed by atoms with Crippen LogP contribution in [0.4, 0.5) is 5.69 Å². The average molecular weight is 578 g/mol. The summed E-state index contributed by atoms with van der Waals surface area (Å²) in [4.78, 5) is 17.4. The molecule has 1 aliphatic rings. The molecule has 1 heterocycles.